The third-order valence-electron chi connectivity index (χ3n) is 11.9. The second-order valence-electron chi connectivity index (χ2n) is 15.7. The number of allylic oxidation sites excluding steroid dienone is 2. The first-order valence-electron chi connectivity index (χ1n) is 16.5. The van der Waals surface area contributed by atoms with E-state index in [0.29, 0.717) is 35.2 Å². The number of benzene rings is 1. The van der Waals surface area contributed by atoms with Gasteiger partial charge < -0.3 is 9.16 Å². The Balaban J connectivity index is 1.28. The number of rotatable bonds is 8. The van der Waals surface area contributed by atoms with Crippen LogP contribution in [0.1, 0.15) is 91.5 Å². The van der Waals surface area contributed by atoms with Crippen LogP contribution in [0.5, 0.6) is 0 Å². The Morgan fingerprint density at radius 1 is 1.00 bits per heavy atom. The molecule has 4 aliphatic carbocycles. The first-order chi connectivity index (χ1) is 18.9. The maximum Gasteiger partial charge on any atom is 0.241 e. The molecule has 3 nitrogen and oxygen atoms in total. The quantitative estimate of drug-likeness (QED) is 0.179. The molecule has 5 rings (SSSR count). The van der Waals surface area contributed by atoms with E-state index in [-0.39, 0.29) is 0 Å². The van der Waals surface area contributed by atoms with Crippen LogP contribution in [-0.2, 0) is 15.8 Å². The van der Waals surface area contributed by atoms with Gasteiger partial charge in [-0.2, -0.15) is 0 Å². The van der Waals surface area contributed by atoms with E-state index in [2.05, 4.69) is 77.7 Å². The van der Waals surface area contributed by atoms with Gasteiger partial charge in [-0.25, -0.2) is 0 Å². The molecule has 3 saturated carbocycles. The summed E-state index contributed by atoms with van der Waals surface area (Å²) in [5.74, 6) is 7.45. The highest BCUT2D eigenvalue weighted by Crippen LogP contribution is 2.68. The number of ether oxygens (including phenoxy) is 1. The molecule has 0 radical (unpaired) electrons. The second kappa shape index (κ2) is 11.6. The average Bonchev–Trinajstić information content (AvgIpc) is 3.25. The van der Waals surface area contributed by atoms with E-state index < -0.39 is 8.32 Å². The minimum Gasteiger partial charge on any atom is -0.547 e. The summed E-state index contributed by atoms with van der Waals surface area (Å²) in [6.45, 7) is 20.9. The standard InChI is InChI=1S/C36H57NO2Si/c1-25-16-19-35(4)29(22-25)23-33(39-40(6,7)8)34-31-15-14-30(36(31,5)20-17-32(34)35)26(2)18-21-37-27(3)38-24-28-12-10-9-11-13-28/h9-13,23,25-26,29-32,34H,14-22,24H2,1-8H3/b37-27+/t25-,26-,29+,30-,31+,32+,34+,35+,36-/m1/s1. The molecule has 9 atom stereocenters. The SMILES string of the molecule is C/C(=N\CC[C@@H](C)[C@H]1CC[C@H]2[C@@H]3C(O[Si](C)(C)C)=C[C@@H]4C[C@H](C)CC[C@]4(C)[C@H]3CC[C@]12C)OCc1ccccc1. The van der Waals surface area contributed by atoms with Crippen molar-refractivity contribution in [2.45, 2.75) is 112 Å². The molecule has 222 valence electrons. The summed E-state index contributed by atoms with van der Waals surface area (Å²) in [6.07, 6.45) is 13.5. The highest BCUT2D eigenvalue weighted by atomic mass is 28.4. The number of fused-ring (bicyclic) bond motifs is 5. The van der Waals surface area contributed by atoms with Gasteiger partial charge in [0.2, 0.25) is 8.32 Å². The van der Waals surface area contributed by atoms with Crippen LogP contribution in [0, 0.1) is 52.3 Å². The highest BCUT2D eigenvalue weighted by Gasteiger charge is 2.61. The topological polar surface area (TPSA) is 30.8 Å². The molecular formula is C36H57NO2Si. The summed E-state index contributed by atoms with van der Waals surface area (Å²) in [7, 11) is -1.68. The van der Waals surface area contributed by atoms with Gasteiger partial charge in [0.15, 0.2) is 5.90 Å². The molecule has 0 N–H and O–H groups in total. The largest absolute Gasteiger partial charge is 0.547 e. The molecule has 3 fully saturated rings. The van der Waals surface area contributed by atoms with Crippen LogP contribution >= 0.6 is 0 Å². The third kappa shape index (κ3) is 5.99. The van der Waals surface area contributed by atoms with Crippen molar-refractivity contribution in [2.24, 2.45) is 57.2 Å². The van der Waals surface area contributed by atoms with Crippen LogP contribution in [0.2, 0.25) is 19.6 Å². The Labute approximate surface area is 246 Å². The van der Waals surface area contributed by atoms with E-state index in [4.69, 9.17) is 14.2 Å². The predicted molar refractivity (Wildman–Crippen MR) is 171 cm³/mol. The Bertz CT molecular complexity index is 1080. The molecule has 0 bridgehead atoms. The minimum atomic E-state index is -1.68. The van der Waals surface area contributed by atoms with Crippen molar-refractivity contribution in [2.75, 3.05) is 6.54 Å². The number of hydrogen-bond acceptors (Lipinski definition) is 3. The van der Waals surface area contributed by atoms with Crippen molar-refractivity contribution >= 4 is 14.2 Å². The van der Waals surface area contributed by atoms with Gasteiger partial charge in [0.1, 0.15) is 6.61 Å². The molecule has 0 saturated heterocycles. The van der Waals surface area contributed by atoms with Crippen LogP contribution in [0.3, 0.4) is 0 Å². The van der Waals surface area contributed by atoms with Gasteiger partial charge in [-0.05, 0) is 123 Å². The molecular weight excluding hydrogens is 506 g/mol. The van der Waals surface area contributed by atoms with Gasteiger partial charge in [-0.1, -0.05) is 64.4 Å². The zero-order valence-corrected chi connectivity index (χ0v) is 27.8. The van der Waals surface area contributed by atoms with Gasteiger partial charge in [0.05, 0.1) is 5.76 Å². The van der Waals surface area contributed by atoms with E-state index in [0.717, 1.165) is 42.5 Å². The van der Waals surface area contributed by atoms with Crippen LogP contribution in [0.15, 0.2) is 47.2 Å². The molecule has 1 aromatic carbocycles. The van der Waals surface area contributed by atoms with Crippen LogP contribution in [-0.4, -0.2) is 20.8 Å². The number of aliphatic imine (C=N–C) groups is 1. The predicted octanol–water partition coefficient (Wildman–Crippen LogP) is 9.90. The highest BCUT2D eigenvalue weighted by molar-refractivity contribution is 6.70. The van der Waals surface area contributed by atoms with E-state index in [1.807, 2.05) is 13.0 Å². The molecule has 0 aliphatic heterocycles. The zero-order valence-electron chi connectivity index (χ0n) is 26.8. The first-order valence-corrected chi connectivity index (χ1v) is 19.9. The summed E-state index contributed by atoms with van der Waals surface area (Å²) >= 11 is 0. The molecule has 0 amide bonds. The molecule has 1 aromatic rings. The van der Waals surface area contributed by atoms with Crippen molar-refractivity contribution in [3.05, 3.63) is 47.7 Å². The Kier molecular flexibility index (Phi) is 8.69. The summed E-state index contributed by atoms with van der Waals surface area (Å²) in [5, 5.41) is 0. The van der Waals surface area contributed by atoms with Crippen molar-refractivity contribution in [1.29, 1.82) is 0 Å². The van der Waals surface area contributed by atoms with E-state index in [1.165, 1.54) is 56.3 Å². The Morgan fingerprint density at radius 2 is 1.70 bits per heavy atom. The second-order valence-corrected chi connectivity index (χ2v) is 20.1. The smallest absolute Gasteiger partial charge is 0.241 e. The molecule has 40 heavy (non-hydrogen) atoms. The lowest BCUT2D eigenvalue weighted by molar-refractivity contribution is -0.0871. The van der Waals surface area contributed by atoms with Gasteiger partial charge in [-0.15, -0.1) is 0 Å². The normalized spacial score (nSPS) is 38.5. The van der Waals surface area contributed by atoms with Gasteiger partial charge in [-0.3, -0.25) is 4.99 Å². The summed E-state index contributed by atoms with van der Waals surface area (Å²) in [6, 6.07) is 10.4. The maximum absolute atomic E-state index is 7.04. The fraction of sp³-hybridized carbons (Fsp3) is 0.750. The van der Waals surface area contributed by atoms with Gasteiger partial charge in [0, 0.05) is 19.4 Å². The summed E-state index contributed by atoms with van der Waals surface area (Å²) in [4.78, 5) is 4.83. The first kappa shape index (κ1) is 29.9. The molecule has 0 heterocycles. The van der Waals surface area contributed by atoms with E-state index in [9.17, 15) is 0 Å². The molecule has 4 aliphatic rings. The van der Waals surface area contributed by atoms with E-state index in [1.54, 1.807) is 0 Å². The minimum absolute atomic E-state index is 0.413. The van der Waals surface area contributed by atoms with Crippen LogP contribution in [0.25, 0.3) is 0 Å². The lowest BCUT2D eigenvalue weighted by Crippen LogP contribution is -2.54. The number of hydrogen-bond donors (Lipinski definition) is 0. The fourth-order valence-electron chi connectivity index (χ4n) is 9.73. The van der Waals surface area contributed by atoms with E-state index >= 15 is 0 Å². The van der Waals surface area contributed by atoms with Crippen molar-refractivity contribution in [3.63, 3.8) is 0 Å². The number of nitrogens with zero attached hydrogens (tertiary/aromatic N) is 1. The summed E-state index contributed by atoms with van der Waals surface area (Å²) < 4.78 is 13.0. The lowest BCUT2D eigenvalue weighted by atomic mass is 9.45. The third-order valence-corrected chi connectivity index (χ3v) is 12.7. The Hall–Kier alpha value is -1.55. The molecule has 0 unspecified atom stereocenters. The maximum atomic E-state index is 7.04. The van der Waals surface area contributed by atoms with Crippen molar-refractivity contribution < 1.29 is 9.16 Å². The molecule has 0 aromatic heterocycles. The average molecular weight is 564 g/mol. The summed E-state index contributed by atoms with van der Waals surface area (Å²) in [5.41, 5.74) is 2.07. The monoisotopic (exact) mass is 563 g/mol. The molecule has 0 spiro atoms. The lowest BCUT2D eigenvalue weighted by Gasteiger charge is -2.60. The van der Waals surface area contributed by atoms with Crippen molar-refractivity contribution in [3.8, 4) is 0 Å². The molecule has 4 heteroatoms. The van der Waals surface area contributed by atoms with Crippen LogP contribution in [0.4, 0.5) is 0 Å². The van der Waals surface area contributed by atoms with Gasteiger partial charge >= 0.3 is 0 Å². The van der Waals surface area contributed by atoms with Crippen molar-refractivity contribution in [1.82, 2.24) is 0 Å². The van der Waals surface area contributed by atoms with Gasteiger partial charge in [0.25, 0.3) is 0 Å². The fourth-order valence-corrected chi connectivity index (χ4v) is 10.6. The Morgan fingerprint density at radius 3 is 2.42 bits per heavy atom. The van der Waals surface area contributed by atoms with Crippen LogP contribution < -0.4 is 0 Å². The zero-order chi connectivity index (χ0) is 28.7.